The molecular formula is C18H24N2. The number of aryl methyl sites for hydroxylation is 1. The van der Waals surface area contributed by atoms with Gasteiger partial charge in [0, 0.05) is 0 Å². The molecule has 0 heterocycles. The van der Waals surface area contributed by atoms with E-state index in [1.54, 1.807) is 0 Å². The smallest absolute Gasteiger partial charge is 0.0712 e. The molecule has 0 bridgehead atoms. The van der Waals surface area contributed by atoms with Crippen LogP contribution in [0.15, 0.2) is 42.5 Å². The molecule has 0 spiro atoms. The lowest BCUT2D eigenvalue weighted by Crippen LogP contribution is -2.29. The van der Waals surface area contributed by atoms with Gasteiger partial charge in [-0.05, 0) is 47.6 Å². The van der Waals surface area contributed by atoms with Crippen molar-refractivity contribution in [1.29, 1.82) is 0 Å². The van der Waals surface area contributed by atoms with Gasteiger partial charge < -0.3 is 0 Å². The van der Waals surface area contributed by atoms with Crippen molar-refractivity contribution < 1.29 is 0 Å². The van der Waals surface area contributed by atoms with Crippen LogP contribution in [0.2, 0.25) is 0 Å². The molecule has 0 amide bonds. The van der Waals surface area contributed by atoms with Crippen LogP contribution in [0.5, 0.6) is 0 Å². The van der Waals surface area contributed by atoms with E-state index in [0.29, 0.717) is 5.92 Å². The second-order valence-corrected chi connectivity index (χ2v) is 5.71. The third kappa shape index (κ3) is 2.92. The molecule has 0 aliphatic carbocycles. The van der Waals surface area contributed by atoms with E-state index in [1.165, 1.54) is 27.8 Å². The first-order chi connectivity index (χ1) is 9.54. The first-order valence-electron chi connectivity index (χ1n) is 7.16. The summed E-state index contributed by atoms with van der Waals surface area (Å²) < 4.78 is 0. The van der Waals surface area contributed by atoms with Crippen LogP contribution >= 0.6 is 0 Å². The van der Waals surface area contributed by atoms with Crippen LogP contribution in [0.25, 0.3) is 0 Å². The second-order valence-electron chi connectivity index (χ2n) is 5.71. The van der Waals surface area contributed by atoms with Crippen LogP contribution in [0.1, 0.15) is 53.6 Å². The predicted octanol–water partition coefficient (Wildman–Crippen LogP) is 3.98. The number of hydrazine groups is 1. The lowest BCUT2D eigenvalue weighted by molar-refractivity contribution is 0.632. The highest BCUT2D eigenvalue weighted by molar-refractivity contribution is 5.41. The van der Waals surface area contributed by atoms with E-state index in [1.807, 2.05) is 0 Å². The molecule has 0 saturated carbocycles. The van der Waals surface area contributed by atoms with Gasteiger partial charge in [-0.1, -0.05) is 56.3 Å². The zero-order valence-electron chi connectivity index (χ0n) is 12.8. The zero-order valence-corrected chi connectivity index (χ0v) is 12.8. The predicted molar refractivity (Wildman–Crippen MR) is 85.6 cm³/mol. The van der Waals surface area contributed by atoms with Gasteiger partial charge in [-0.25, -0.2) is 5.43 Å². The van der Waals surface area contributed by atoms with Gasteiger partial charge >= 0.3 is 0 Å². The van der Waals surface area contributed by atoms with Crippen LogP contribution in [0.3, 0.4) is 0 Å². The molecule has 106 valence electrons. The Labute approximate surface area is 122 Å². The number of hydrogen-bond donors (Lipinski definition) is 2. The van der Waals surface area contributed by atoms with Crippen molar-refractivity contribution in [3.8, 4) is 0 Å². The minimum Gasteiger partial charge on any atom is -0.271 e. The van der Waals surface area contributed by atoms with Gasteiger partial charge in [0.25, 0.3) is 0 Å². The Kier molecular flexibility index (Phi) is 4.58. The molecule has 0 radical (unpaired) electrons. The molecule has 3 N–H and O–H groups in total. The van der Waals surface area contributed by atoms with Crippen molar-refractivity contribution in [2.75, 3.05) is 0 Å². The van der Waals surface area contributed by atoms with E-state index in [0.717, 1.165) is 0 Å². The number of rotatable bonds is 4. The van der Waals surface area contributed by atoms with Crippen LogP contribution in [-0.2, 0) is 0 Å². The maximum Gasteiger partial charge on any atom is 0.0712 e. The average molecular weight is 268 g/mol. The maximum absolute atomic E-state index is 5.80. The summed E-state index contributed by atoms with van der Waals surface area (Å²) in [6, 6.07) is 15.1. The van der Waals surface area contributed by atoms with Gasteiger partial charge in [0.1, 0.15) is 0 Å². The van der Waals surface area contributed by atoms with E-state index >= 15 is 0 Å². The fourth-order valence-electron chi connectivity index (χ4n) is 2.53. The molecule has 0 saturated heterocycles. The van der Waals surface area contributed by atoms with Crippen molar-refractivity contribution >= 4 is 0 Å². The molecule has 1 unspecified atom stereocenters. The minimum atomic E-state index is 0.0381. The van der Waals surface area contributed by atoms with E-state index in [-0.39, 0.29) is 6.04 Å². The summed E-state index contributed by atoms with van der Waals surface area (Å²) in [4.78, 5) is 0. The lowest BCUT2D eigenvalue weighted by Gasteiger charge is -2.20. The van der Waals surface area contributed by atoms with E-state index in [2.05, 4.69) is 75.6 Å². The molecule has 1 atom stereocenters. The highest BCUT2D eigenvalue weighted by Gasteiger charge is 2.15. The Morgan fingerprint density at radius 2 is 1.50 bits per heavy atom. The van der Waals surface area contributed by atoms with Crippen molar-refractivity contribution in [3.05, 3.63) is 70.3 Å². The Morgan fingerprint density at radius 3 is 2.05 bits per heavy atom. The molecule has 0 aliphatic rings. The van der Waals surface area contributed by atoms with E-state index in [9.17, 15) is 0 Å². The van der Waals surface area contributed by atoms with Crippen LogP contribution in [0.4, 0.5) is 0 Å². The average Bonchev–Trinajstić information content (AvgIpc) is 2.45. The quantitative estimate of drug-likeness (QED) is 0.650. The fourth-order valence-corrected chi connectivity index (χ4v) is 2.53. The van der Waals surface area contributed by atoms with Crippen LogP contribution < -0.4 is 11.3 Å². The van der Waals surface area contributed by atoms with E-state index < -0.39 is 0 Å². The van der Waals surface area contributed by atoms with Gasteiger partial charge in [0.2, 0.25) is 0 Å². The van der Waals surface area contributed by atoms with Gasteiger partial charge in [-0.15, -0.1) is 0 Å². The summed E-state index contributed by atoms with van der Waals surface area (Å²) in [5.74, 6) is 6.35. The largest absolute Gasteiger partial charge is 0.271 e. The SMILES string of the molecule is Cc1cccc(C(NN)c2ccc(C(C)C)cc2)c1C. The molecule has 2 nitrogen and oxygen atoms in total. The van der Waals surface area contributed by atoms with Gasteiger partial charge in [0.05, 0.1) is 6.04 Å². The summed E-state index contributed by atoms with van der Waals surface area (Å²) in [5.41, 5.74) is 9.33. The first kappa shape index (κ1) is 14.8. The standard InChI is InChI=1S/C18H24N2/c1-12(2)15-8-10-16(11-9-15)18(20-19)17-7-5-6-13(3)14(17)4/h5-12,18,20H,19H2,1-4H3. The number of nitrogens with two attached hydrogens (primary N) is 1. The molecule has 20 heavy (non-hydrogen) atoms. The normalized spacial score (nSPS) is 12.7. The molecule has 0 aromatic heterocycles. The summed E-state index contributed by atoms with van der Waals surface area (Å²) in [6.07, 6.45) is 0. The van der Waals surface area contributed by atoms with Gasteiger partial charge in [-0.2, -0.15) is 0 Å². The lowest BCUT2D eigenvalue weighted by atomic mass is 9.91. The highest BCUT2D eigenvalue weighted by atomic mass is 15.2. The maximum atomic E-state index is 5.80. The van der Waals surface area contributed by atoms with Crippen molar-refractivity contribution in [2.24, 2.45) is 5.84 Å². The van der Waals surface area contributed by atoms with Gasteiger partial charge in [0.15, 0.2) is 0 Å². The Bertz CT molecular complexity index is 570. The Hall–Kier alpha value is -1.64. The summed E-state index contributed by atoms with van der Waals surface area (Å²) in [5, 5.41) is 0. The number of hydrogen-bond acceptors (Lipinski definition) is 2. The summed E-state index contributed by atoms with van der Waals surface area (Å²) in [6.45, 7) is 8.70. The topological polar surface area (TPSA) is 38.0 Å². The van der Waals surface area contributed by atoms with Crippen LogP contribution in [-0.4, -0.2) is 0 Å². The van der Waals surface area contributed by atoms with Crippen molar-refractivity contribution in [2.45, 2.75) is 39.7 Å². The Morgan fingerprint density at radius 1 is 0.900 bits per heavy atom. The third-order valence-corrected chi connectivity index (χ3v) is 4.06. The molecular weight excluding hydrogens is 244 g/mol. The zero-order chi connectivity index (χ0) is 14.7. The van der Waals surface area contributed by atoms with Crippen molar-refractivity contribution in [3.63, 3.8) is 0 Å². The third-order valence-electron chi connectivity index (χ3n) is 4.06. The molecule has 2 aromatic rings. The van der Waals surface area contributed by atoms with Crippen molar-refractivity contribution in [1.82, 2.24) is 5.43 Å². The molecule has 0 fully saturated rings. The highest BCUT2D eigenvalue weighted by Crippen LogP contribution is 2.27. The Balaban J connectivity index is 2.39. The summed E-state index contributed by atoms with van der Waals surface area (Å²) in [7, 11) is 0. The summed E-state index contributed by atoms with van der Waals surface area (Å²) >= 11 is 0. The van der Waals surface area contributed by atoms with Crippen LogP contribution in [0, 0.1) is 13.8 Å². The minimum absolute atomic E-state index is 0.0381. The molecule has 2 aromatic carbocycles. The molecule has 2 heteroatoms. The second kappa shape index (κ2) is 6.21. The molecule has 0 aliphatic heterocycles. The van der Waals surface area contributed by atoms with E-state index in [4.69, 9.17) is 5.84 Å². The first-order valence-corrected chi connectivity index (χ1v) is 7.16. The van der Waals surface area contributed by atoms with Gasteiger partial charge in [-0.3, -0.25) is 5.84 Å². The number of nitrogens with one attached hydrogen (secondary N) is 1. The molecule has 2 rings (SSSR count). The fraction of sp³-hybridized carbons (Fsp3) is 0.333. The monoisotopic (exact) mass is 268 g/mol. The number of benzene rings is 2.